The van der Waals surface area contributed by atoms with Crippen LogP contribution in [0.1, 0.15) is 33.8 Å². The number of hydrogen-bond donors (Lipinski definition) is 1. The van der Waals surface area contributed by atoms with Crippen LogP contribution >= 0.6 is 11.3 Å². The van der Waals surface area contributed by atoms with Crippen LogP contribution in [0.5, 0.6) is 0 Å². The zero-order valence-corrected chi connectivity index (χ0v) is 11.9. The lowest BCUT2D eigenvalue weighted by Gasteiger charge is -2.15. The monoisotopic (exact) mass is 274 g/mol. The van der Waals surface area contributed by atoms with E-state index in [1.54, 1.807) is 17.4 Å². The molecule has 1 aromatic carbocycles. The van der Waals surface area contributed by atoms with Gasteiger partial charge < -0.3 is 5.32 Å². The van der Waals surface area contributed by atoms with Crippen molar-refractivity contribution in [2.24, 2.45) is 0 Å². The highest BCUT2D eigenvalue weighted by atomic mass is 32.1. The summed E-state index contributed by atoms with van der Waals surface area (Å²) < 4.78 is 13.5. The molecule has 0 aliphatic heterocycles. The molecule has 1 N–H and O–H groups in total. The molecule has 1 atom stereocenters. The van der Waals surface area contributed by atoms with E-state index >= 15 is 0 Å². The lowest BCUT2D eigenvalue weighted by molar-refractivity contribution is 0.624. The highest BCUT2D eigenvalue weighted by molar-refractivity contribution is 7.12. The average Bonchev–Trinajstić information content (AvgIpc) is 2.69. The summed E-state index contributed by atoms with van der Waals surface area (Å²) in [5.74, 6) is -0.488. The van der Waals surface area contributed by atoms with Gasteiger partial charge in [0.1, 0.15) is 11.9 Å². The van der Waals surface area contributed by atoms with Crippen molar-refractivity contribution in [1.82, 2.24) is 0 Å². The number of benzene rings is 1. The standard InChI is InChI=1S/C15H15FN2S/c1-9-6-14(11(3)19-9)10(2)18-13-5-4-12(8-17)15(16)7-13/h4-7,10,18H,1-3H3. The molecular weight excluding hydrogens is 259 g/mol. The second-order valence-corrected chi connectivity index (χ2v) is 6.00. The van der Waals surface area contributed by atoms with Crippen LogP contribution in [0.3, 0.4) is 0 Å². The van der Waals surface area contributed by atoms with E-state index in [4.69, 9.17) is 5.26 Å². The van der Waals surface area contributed by atoms with Crippen LogP contribution < -0.4 is 5.32 Å². The Kier molecular flexibility index (Phi) is 3.87. The first kappa shape index (κ1) is 13.6. The molecule has 0 aliphatic rings. The normalized spacial score (nSPS) is 11.9. The van der Waals surface area contributed by atoms with Crippen molar-refractivity contribution in [3.63, 3.8) is 0 Å². The highest BCUT2D eigenvalue weighted by Crippen LogP contribution is 2.28. The van der Waals surface area contributed by atoms with Crippen LogP contribution in [-0.2, 0) is 0 Å². The fourth-order valence-electron chi connectivity index (χ4n) is 2.10. The minimum absolute atomic E-state index is 0.0701. The predicted octanol–water partition coefficient (Wildman–Crippen LogP) is 4.55. The minimum atomic E-state index is -0.488. The molecule has 19 heavy (non-hydrogen) atoms. The average molecular weight is 274 g/mol. The summed E-state index contributed by atoms with van der Waals surface area (Å²) in [5.41, 5.74) is 1.99. The van der Waals surface area contributed by atoms with Gasteiger partial charge in [-0.15, -0.1) is 11.3 Å². The molecular formula is C15H15FN2S. The molecule has 4 heteroatoms. The second-order valence-electron chi connectivity index (χ2n) is 4.54. The van der Waals surface area contributed by atoms with Crippen molar-refractivity contribution in [3.8, 4) is 6.07 Å². The van der Waals surface area contributed by atoms with Gasteiger partial charge >= 0.3 is 0 Å². The quantitative estimate of drug-likeness (QED) is 0.891. The number of anilines is 1. The summed E-state index contributed by atoms with van der Waals surface area (Å²) >= 11 is 1.76. The summed E-state index contributed by atoms with van der Waals surface area (Å²) in [5, 5.41) is 12.0. The lowest BCUT2D eigenvalue weighted by atomic mass is 10.1. The van der Waals surface area contributed by atoms with Crippen LogP contribution in [-0.4, -0.2) is 0 Å². The minimum Gasteiger partial charge on any atom is -0.378 e. The van der Waals surface area contributed by atoms with Gasteiger partial charge in [-0.25, -0.2) is 4.39 Å². The summed E-state index contributed by atoms with van der Waals surface area (Å²) in [6.07, 6.45) is 0. The van der Waals surface area contributed by atoms with E-state index in [1.165, 1.54) is 27.5 Å². The van der Waals surface area contributed by atoms with Crippen molar-refractivity contribution in [2.75, 3.05) is 5.32 Å². The largest absolute Gasteiger partial charge is 0.378 e. The molecule has 0 spiro atoms. The number of rotatable bonds is 3. The molecule has 98 valence electrons. The summed E-state index contributed by atoms with van der Waals surface area (Å²) in [7, 11) is 0. The van der Waals surface area contributed by atoms with Crippen molar-refractivity contribution in [2.45, 2.75) is 26.8 Å². The Morgan fingerprint density at radius 3 is 2.58 bits per heavy atom. The first-order valence-corrected chi connectivity index (χ1v) is 6.86. The van der Waals surface area contributed by atoms with Crippen molar-refractivity contribution < 1.29 is 4.39 Å². The van der Waals surface area contributed by atoms with Gasteiger partial charge in [0.2, 0.25) is 0 Å². The Labute approximate surface area is 116 Å². The summed E-state index contributed by atoms with van der Waals surface area (Å²) in [6.45, 7) is 6.21. The first-order valence-electron chi connectivity index (χ1n) is 6.04. The molecule has 1 aromatic heterocycles. The third-order valence-corrected chi connectivity index (χ3v) is 4.00. The van der Waals surface area contributed by atoms with Gasteiger partial charge in [0.15, 0.2) is 0 Å². The molecule has 0 aliphatic carbocycles. The molecule has 2 nitrogen and oxygen atoms in total. The number of nitrogens with one attached hydrogen (secondary N) is 1. The van der Waals surface area contributed by atoms with Gasteiger partial charge in [-0.05, 0) is 50.6 Å². The van der Waals surface area contributed by atoms with Gasteiger partial charge in [-0.2, -0.15) is 5.26 Å². The van der Waals surface area contributed by atoms with Crippen molar-refractivity contribution >= 4 is 17.0 Å². The maximum atomic E-state index is 13.5. The Balaban J connectivity index is 2.20. The van der Waals surface area contributed by atoms with Gasteiger partial charge in [-0.1, -0.05) is 0 Å². The van der Waals surface area contributed by atoms with E-state index in [0.29, 0.717) is 5.69 Å². The second kappa shape index (κ2) is 5.41. The summed E-state index contributed by atoms with van der Waals surface area (Å²) in [4.78, 5) is 2.54. The Bertz CT molecular complexity index is 640. The molecule has 0 bridgehead atoms. The van der Waals surface area contributed by atoms with E-state index in [9.17, 15) is 4.39 Å². The van der Waals surface area contributed by atoms with Crippen LogP contribution in [0.4, 0.5) is 10.1 Å². The first-order chi connectivity index (χ1) is 9.01. The van der Waals surface area contributed by atoms with E-state index in [-0.39, 0.29) is 11.6 Å². The maximum absolute atomic E-state index is 13.5. The molecule has 1 unspecified atom stereocenters. The van der Waals surface area contributed by atoms with Crippen LogP contribution in [0.15, 0.2) is 24.3 Å². The zero-order chi connectivity index (χ0) is 14.0. The predicted molar refractivity (Wildman–Crippen MR) is 76.9 cm³/mol. The lowest BCUT2D eigenvalue weighted by Crippen LogP contribution is -2.07. The number of nitriles is 1. The SMILES string of the molecule is Cc1cc(C(C)Nc2ccc(C#N)c(F)c2)c(C)s1. The van der Waals surface area contributed by atoms with Gasteiger partial charge in [0, 0.05) is 21.5 Å². The maximum Gasteiger partial charge on any atom is 0.143 e. The number of nitrogens with zero attached hydrogens (tertiary/aromatic N) is 1. The number of halogens is 1. The van der Waals surface area contributed by atoms with E-state index in [2.05, 4.69) is 25.2 Å². The number of thiophene rings is 1. The Morgan fingerprint density at radius 2 is 2.05 bits per heavy atom. The van der Waals surface area contributed by atoms with Gasteiger partial charge in [0.05, 0.1) is 5.56 Å². The molecule has 0 saturated heterocycles. The fourth-order valence-corrected chi connectivity index (χ4v) is 3.13. The van der Waals surface area contributed by atoms with E-state index in [0.717, 1.165) is 0 Å². The van der Waals surface area contributed by atoms with Crippen molar-refractivity contribution in [1.29, 1.82) is 5.26 Å². The van der Waals surface area contributed by atoms with Crippen LogP contribution in [0.25, 0.3) is 0 Å². The third-order valence-electron chi connectivity index (χ3n) is 3.02. The van der Waals surface area contributed by atoms with Crippen LogP contribution in [0.2, 0.25) is 0 Å². The smallest absolute Gasteiger partial charge is 0.143 e. The van der Waals surface area contributed by atoms with E-state index in [1.807, 2.05) is 13.0 Å². The highest BCUT2D eigenvalue weighted by Gasteiger charge is 2.12. The van der Waals surface area contributed by atoms with Gasteiger partial charge in [-0.3, -0.25) is 0 Å². The third kappa shape index (κ3) is 2.94. The fraction of sp³-hybridized carbons (Fsp3) is 0.267. The Morgan fingerprint density at radius 1 is 1.32 bits per heavy atom. The molecule has 0 radical (unpaired) electrons. The molecule has 1 heterocycles. The molecule has 2 rings (SSSR count). The van der Waals surface area contributed by atoms with Crippen LogP contribution in [0, 0.1) is 31.0 Å². The van der Waals surface area contributed by atoms with E-state index < -0.39 is 5.82 Å². The topological polar surface area (TPSA) is 35.8 Å². The molecule has 0 fully saturated rings. The Hall–Kier alpha value is -1.86. The number of aryl methyl sites for hydroxylation is 2. The van der Waals surface area contributed by atoms with Gasteiger partial charge in [0.25, 0.3) is 0 Å². The molecule has 0 saturated carbocycles. The molecule has 2 aromatic rings. The zero-order valence-electron chi connectivity index (χ0n) is 11.1. The number of hydrogen-bond acceptors (Lipinski definition) is 3. The summed E-state index contributed by atoms with van der Waals surface area (Å²) in [6, 6.07) is 8.67. The molecule has 0 amide bonds. The van der Waals surface area contributed by atoms with Crippen molar-refractivity contribution in [3.05, 3.63) is 51.0 Å².